The molecule has 1 atom stereocenters. The summed E-state index contributed by atoms with van der Waals surface area (Å²) in [5, 5.41) is 4.65. The Bertz CT molecular complexity index is 1100. The molecule has 1 aliphatic rings. The van der Waals surface area contributed by atoms with Crippen LogP contribution in [-0.4, -0.2) is 66.6 Å². The number of methoxy groups -OCH3 is 1. The molecule has 1 amide bonds. The van der Waals surface area contributed by atoms with Crippen LogP contribution in [0.4, 0.5) is 5.82 Å². The van der Waals surface area contributed by atoms with E-state index < -0.39 is 0 Å². The fourth-order valence-electron chi connectivity index (χ4n) is 3.93. The first-order valence-corrected chi connectivity index (χ1v) is 11.5. The molecule has 0 radical (unpaired) electrons. The first-order valence-electron chi connectivity index (χ1n) is 10.7. The number of fused-ring (bicyclic) bond motifs is 3. The summed E-state index contributed by atoms with van der Waals surface area (Å²) in [5.41, 5.74) is 2.39. The van der Waals surface area contributed by atoms with Crippen LogP contribution in [0.1, 0.15) is 22.0 Å². The van der Waals surface area contributed by atoms with E-state index >= 15 is 0 Å². The number of anilines is 1. The van der Waals surface area contributed by atoms with Gasteiger partial charge in [-0.2, -0.15) is 0 Å². The molecule has 0 bridgehead atoms. The van der Waals surface area contributed by atoms with Crippen LogP contribution >= 0.6 is 11.3 Å². The minimum Gasteiger partial charge on any atom is -0.382 e. The summed E-state index contributed by atoms with van der Waals surface area (Å²) in [5.74, 6) is 0.882. The van der Waals surface area contributed by atoms with Crippen molar-refractivity contribution >= 4 is 33.3 Å². The Hall–Kier alpha value is -2.81. The molecule has 0 unspecified atom stereocenters. The molecule has 7 nitrogen and oxygen atoms in total. The van der Waals surface area contributed by atoms with Gasteiger partial charge in [0, 0.05) is 31.2 Å². The number of hydrogen-bond donors (Lipinski definition) is 1. The largest absolute Gasteiger partial charge is 0.382 e. The zero-order chi connectivity index (χ0) is 22.5. The number of benzene rings is 1. The molecule has 1 aromatic carbocycles. The number of rotatable bonds is 8. The maximum absolute atomic E-state index is 12.6. The average Bonchev–Trinajstić information content (AvgIpc) is 3.17. The number of ether oxygens (including phenoxy) is 1. The zero-order valence-corrected chi connectivity index (χ0v) is 19.6. The van der Waals surface area contributed by atoms with Crippen LogP contribution in [0.5, 0.6) is 0 Å². The maximum atomic E-state index is 12.6. The molecule has 3 aromatic rings. The standard InChI is InChI=1S/C24H29N5O2S/c1-28(2)12-7-10-21(30)29-13-11-18-20(14-29)32-24-22(18)23(25-16-26-24)27-19(15-31-3)17-8-5-4-6-9-17/h4-10,16,19H,11-15H2,1-3H3,(H,25,26,27)/b10-7+/t19-/m1/s1. The van der Waals surface area contributed by atoms with E-state index in [9.17, 15) is 4.79 Å². The first kappa shape index (κ1) is 22.4. The fourth-order valence-corrected chi connectivity index (χ4v) is 5.14. The first-order chi connectivity index (χ1) is 15.6. The summed E-state index contributed by atoms with van der Waals surface area (Å²) in [4.78, 5) is 27.8. The summed E-state index contributed by atoms with van der Waals surface area (Å²) in [7, 11) is 5.68. The Morgan fingerprint density at radius 3 is 2.88 bits per heavy atom. The quantitative estimate of drug-likeness (QED) is 0.529. The van der Waals surface area contributed by atoms with Gasteiger partial charge in [0.05, 0.1) is 24.6 Å². The number of nitrogens with zero attached hydrogens (tertiary/aromatic N) is 4. The molecular weight excluding hydrogens is 422 g/mol. The van der Waals surface area contributed by atoms with Crippen molar-refractivity contribution in [3.63, 3.8) is 0 Å². The smallest absolute Gasteiger partial charge is 0.246 e. The molecule has 0 saturated heterocycles. The van der Waals surface area contributed by atoms with Crippen LogP contribution in [0.2, 0.25) is 0 Å². The summed E-state index contributed by atoms with van der Waals surface area (Å²) >= 11 is 1.65. The molecule has 1 N–H and O–H groups in total. The van der Waals surface area contributed by atoms with Gasteiger partial charge in [0.25, 0.3) is 0 Å². The molecule has 2 aromatic heterocycles. The lowest BCUT2D eigenvalue weighted by molar-refractivity contribution is -0.126. The number of likely N-dealkylation sites (N-methyl/N-ethyl adjacent to an activating group) is 1. The highest BCUT2D eigenvalue weighted by Gasteiger charge is 2.26. The Labute approximate surface area is 192 Å². The highest BCUT2D eigenvalue weighted by Crippen LogP contribution is 2.38. The van der Waals surface area contributed by atoms with Gasteiger partial charge in [-0.1, -0.05) is 36.4 Å². The number of carbonyl (C=O) groups excluding carboxylic acids is 1. The predicted octanol–water partition coefficient (Wildman–Crippen LogP) is 3.49. The number of amides is 1. The lowest BCUT2D eigenvalue weighted by atomic mass is 10.0. The van der Waals surface area contributed by atoms with Crippen molar-refractivity contribution < 1.29 is 9.53 Å². The van der Waals surface area contributed by atoms with Gasteiger partial charge < -0.3 is 19.9 Å². The van der Waals surface area contributed by atoms with Crippen molar-refractivity contribution in [1.82, 2.24) is 19.8 Å². The van der Waals surface area contributed by atoms with Crippen molar-refractivity contribution in [1.29, 1.82) is 0 Å². The third-order valence-electron chi connectivity index (χ3n) is 5.53. The lowest BCUT2D eigenvalue weighted by Gasteiger charge is -2.26. The molecule has 1 aliphatic heterocycles. The minimum absolute atomic E-state index is 0.0154. The Morgan fingerprint density at radius 1 is 1.31 bits per heavy atom. The van der Waals surface area contributed by atoms with Crippen LogP contribution in [0.15, 0.2) is 48.8 Å². The average molecular weight is 452 g/mol. The molecule has 32 heavy (non-hydrogen) atoms. The molecule has 0 saturated carbocycles. The number of aromatic nitrogens is 2. The van der Waals surface area contributed by atoms with E-state index in [0.29, 0.717) is 19.7 Å². The third-order valence-corrected chi connectivity index (χ3v) is 6.65. The molecule has 8 heteroatoms. The fraction of sp³-hybridized carbons (Fsp3) is 0.375. The second-order valence-electron chi connectivity index (χ2n) is 8.14. The Balaban J connectivity index is 1.58. The number of hydrogen-bond acceptors (Lipinski definition) is 7. The molecular formula is C24H29N5O2S. The van der Waals surface area contributed by atoms with Gasteiger partial charge in [-0.05, 0) is 31.6 Å². The Kier molecular flexibility index (Phi) is 7.14. The summed E-state index contributed by atoms with van der Waals surface area (Å²) in [6.07, 6.45) is 6.00. The van der Waals surface area contributed by atoms with E-state index in [0.717, 1.165) is 34.6 Å². The minimum atomic E-state index is -0.0154. The summed E-state index contributed by atoms with van der Waals surface area (Å²) in [6.45, 7) is 2.59. The monoisotopic (exact) mass is 451 g/mol. The van der Waals surface area contributed by atoms with Crippen LogP contribution in [-0.2, 0) is 22.5 Å². The molecule has 4 rings (SSSR count). The lowest BCUT2D eigenvalue weighted by Crippen LogP contribution is -2.34. The zero-order valence-electron chi connectivity index (χ0n) is 18.7. The Morgan fingerprint density at radius 2 is 2.12 bits per heavy atom. The second kappa shape index (κ2) is 10.2. The van der Waals surface area contributed by atoms with Gasteiger partial charge in [-0.25, -0.2) is 9.97 Å². The highest BCUT2D eigenvalue weighted by atomic mass is 32.1. The van der Waals surface area contributed by atoms with Gasteiger partial charge in [0.1, 0.15) is 17.0 Å². The van der Waals surface area contributed by atoms with Crippen molar-refractivity contribution in [3.8, 4) is 0 Å². The summed E-state index contributed by atoms with van der Waals surface area (Å²) in [6, 6.07) is 10.2. The van der Waals surface area contributed by atoms with Crippen LogP contribution in [0, 0.1) is 0 Å². The van der Waals surface area contributed by atoms with Gasteiger partial charge in [-0.3, -0.25) is 4.79 Å². The number of carbonyl (C=O) groups is 1. The van der Waals surface area contributed by atoms with E-state index in [1.165, 1.54) is 10.4 Å². The van der Waals surface area contributed by atoms with E-state index in [2.05, 4.69) is 27.4 Å². The second-order valence-corrected chi connectivity index (χ2v) is 9.23. The number of thiophene rings is 1. The topological polar surface area (TPSA) is 70.6 Å². The molecule has 168 valence electrons. The number of nitrogens with one attached hydrogen (secondary N) is 1. The van der Waals surface area contributed by atoms with E-state index in [4.69, 9.17) is 4.74 Å². The van der Waals surface area contributed by atoms with Crippen molar-refractivity contribution in [2.45, 2.75) is 19.0 Å². The van der Waals surface area contributed by atoms with E-state index in [-0.39, 0.29) is 11.9 Å². The highest BCUT2D eigenvalue weighted by molar-refractivity contribution is 7.19. The van der Waals surface area contributed by atoms with Crippen molar-refractivity contribution in [2.24, 2.45) is 0 Å². The van der Waals surface area contributed by atoms with Gasteiger partial charge in [0.2, 0.25) is 5.91 Å². The van der Waals surface area contributed by atoms with E-state index in [1.54, 1.807) is 30.8 Å². The predicted molar refractivity (Wildman–Crippen MR) is 129 cm³/mol. The van der Waals surface area contributed by atoms with Gasteiger partial charge >= 0.3 is 0 Å². The molecule has 0 aliphatic carbocycles. The van der Waals surface area contributed by atoms with Crippen molar-refractivity contribution in [2.75, 3.05) is 46.2 Å². The van der Waals surface area contributed by atoms with Crippen LogP contribution < -0.4 is 5.32 Å². The normalized spacial score (nSPS) is 14.8. The van der Waals surface area contributed by atoms with Gasteiger partial charge in [0.15, 0.2) is 0 Å². The third kappa shape index (κ3) is 4.98. The SMILES string of the molecule is COC[C@@H](Nc1ncnc2sc3c(c12)CCN(C(=O)/C=C/CN(C)C)C3)c1ccccc1. The van der Waals surface area contributed by atoms with Crippen LogP contribution in [0.25, 0.3) is 10.2 Å². The van der Waals surface area contributed by atoms with E-state index in [1.807, 2.05) is 48.2 Å². The molecule has 0 fully saturated rings. The van der Waals surface area contributed by atoms with Crippen molar-refractivity contribution in [3.05, 3.63) is 64.8 Å². The molecule has 0 spiro atoms. The van der Waals surface area contributed by atoms with Gasteiger partial charge in [-0.15, -0.1) is 11.3 Å². The summed E-state index contributed by atoms with van der Waals surface area (Å²) < 4.78 is 5.47. The molecule has 3 heterocycles. The maximum Gasteiger partial charge on any atom is 0.246 e. The van der Waals surface area contributed by atoms with Crippen LogP contribution in [0.3, 0.4) is 0 Å².